The molecule has 0 spiro atoms. The van der Waals surface area contributed by atoms with Crippen molar-refractivity contribution < 1.29 is 4.74 Å². The van der Waals surface area contributed by atoms with Gasteiger partial charge in [0.2, 0.25) is 5.95 Å². The van der Waals surface area contributed by atoms with E-state index in [9.17, 15) is 0 Å². The zero-order valence-electron chi connectivity index (χ0n) is 16.2. The molecule has 0 atom stereocenters. The number of rotatable bonds is 3. The molecular weight excluding hydrogens is 326 g/mol. The van der Waals surface area contributed by atoms with Crippen molar-refractivity contribution in [2.45, 2.75) is 38.1 Å². The van der Waals surface area contributed by atoms with Crippen LogP contribution in [0.3, 0.4) is 0 Å². The average Bonchev–Trinajstić information content (AvgIpc) is 2.91. The minimum absolute atomic E-state index is 0.667. The maximum Gasteiger partial charge on any atom is 0.227 e. The van der Waals surface area contributed by atoms with Crippen molar-refractivity contribution in [1.29, 1.82) is 0 Å². The Morgan fingerprint density at radius 3 is 2.58 bits per heavy atom. The van der Waals surface area contributed by atoms with Crippen molar-refractivity contribution in [3.8, 4) is 0 Å². The summed E-state index contributed by atoms with van der Waals surface area (Å²) in [6, 6.07) is 0.667. The fraction of sp³-hybridized carbons (Fsp3) is 0.700. The first-order valence-electron chi connectivity index (χ1n) is 10.0. The summed E-state index contributed by atoms with van der Waals surface area (Å²) in [6.45, 7) is 6.03. The summed E-state index contributed by atoms with van der Waals surface area (Å²) in [6.07, 6.45) is 10.0. The molecule has 6 nitrogen and oxygen atoms in total. The second-order valence-corrected chi connectivity index (χ2v) is 7.75. The number of aromatic nitrogens is 2. The smallest absolute Gasteiger partial charge is 0.227 e. The van der Waals surface area contributed by atoms with Gasteiger partial charge >= 0.3 is 0 Å². The highest BCUT2D eigenvalue weighted by Gasteiger charge is 2.27. The van der Waals surface area contributed by atoms with E-state index >= 15 is 0 Å². The first-order chi connectivity index (χ1) is 12.7. The molecule has 1 saturated heterocycles. The van der Waals surface area contributed by atoms with Crippen LogP contribution >= 0.6 is 0 Å². The Bertz CT molecular complexity index is 654. The zero-order valence-corrected chi connectivity index (χ0v) is 16.2. The number of hydrogen-bond acceptors (Lipinski definition) is 6. The van der Waals surface area contributed by atoms with E-state index in [0.29, 0.717) is 6.04 Å². The Balaban J connectivity index is 1.61. The van der Waals surface area contributed by atoms with Crippen molar-refractivity contribution in [1.82, 2.24) is 14.9 Å². The third-order valence-electron chi connectivity index (χ3n) is 5.81. The molecule has 0 aromatic carbocycles. The Hall–Kier alpha value is -1.66. The molecule has 0 unspecified atom stereocenters. The van der Waals surface area contributed by atoms with Gasteiger partial charge in [0.15, 0.2) is 0 Å². The van der Waals surface area contributed by atoms with Crippen LogP contribution in [-0.2, 0) is 17.6 Å². The van der Waals surface area contributed by atoms with Crippen LogP contribution in [0.1, 0.15) is 30.5 Å². The van der Waals surface area contributed by atoms with Gasteiger partial charge < -0.3 is 14.5 Å². The van der Waals surface area contributed by atoms with Crippen LogP contribution in [0, 0.1) is 0 Å². The van der Waals surface area contributed by atoms with Gasteiger partial charge in [-0.3, -0.25) is 4.90 Å². The lowest BCUT2D eigenvalue weighted by molar-refractivity contribution is 0.0355. The number of fused-ring (bicyclic) bond motifs is 1. The van der Waals surface area contributed by atoms with Crippen molar-refractivity contribution in [2.75, 3.05) is 63.3 Å². The quantitative estimate of drug-likeness (QED) is 0.770. The molecule has 0 amide bonds. The van der Waals surface area contributed by atoms with Gasteiger partial charge in [-0.15, -0.1) is 0 Å². The third-order valence-corrected chi connectivity index (χ3v) is 5.81. The van der Waals surface area contributed by atoms with Gasteiger partial charge in [0.05, 0.1) is 5.69 Å². The summed E-state index contributed by atoms with van der Waals surface area (Å²) in [4.78, 5) is 17.0. The summed E-state index contributed by atoms with van der Waals surface area (Å²) in [7, 11) is 4.07. The van der Waals surface area contributed by atoms with Crippen LogP contribution in [0.15, 0.2) is 12.2 Å². The molecule has 6 heteroatoms. The highest BCUT2D eigenvalue weighted by Crippen LogP contribution is 2.29. The number of nitrogens with zero attached hydrogens (tertiary/aromatic N) is 5. The molecule has 1 aromatic heterocycles. The molecule has 3 aliphatic heterocycles. The van der Waals surface area contributed by atoms with Crippen molar-refractivity contribution in [3.63, 3.8) is 0 Å². The average molecular weight is 358 g/mol. The highest BCUT2D eigenvalue weighted by atomic mass is 16.5. The van der Waals surface area contributed by atoms with Crippen LogP contribution in [0.2, 0.25) is 0 Å². The lowest BCUT2D eigenvalue weighted by atomic mass is 10.1. The number of anilines is 2. The minimum atomic E-state index is 0.667. The second kappa shape index (κ2) is 7.92. The van der Waals surface area contributed by atoms with Crippen LogP contribution in [-0.4, -0.2) is 74.4 Å². The van der Waals surface area contributed by atoms with Crippen LogP contribution in [0.25, 0.3) is 0 Å². The molecule has 4 rings (SSSR count). The summed E-state index contributed by atoms with van der Waals surface area (Å²) in [5.74, 6) is 2.00. The molecule has 0 N–H and O–H groups in total. The molecule has 0 saturated carbocycles. The van der Waals surface area contributed by atoms with Gasteiger partial charge in [-0.25, -0.2) is 4.98 Å². The van der Waals surface area contributed by atoms with E-state index in [4.69, 9.17) is 14.7 Å². The first-order valence-corrected chi connectivity index (χ1v) is 10.0. The fourth-order valence-electron chi connectivity index (χ4n) is 4.29. The normalized spacial score (nSPS) is 22.2. The topological polar surface area (TPSA) is 44.7 Å². The van der Waals surface area contributed by atoms with E-state index in [1.165, 1.54) is 11.3 Å². The SMILES string of the molecule is CN(C)c1nc2c(c(N3CC=CCC3)n1)CCN(C1CCOCC1)CC2. The second-order valence-electron chi connectivity index (χ2n) is 7.75. The molecule has 3 aliphatic rings. The molecule has 4 heterocycles. The minimum Gasteiger partial charge on any atom is -0.381 e. The van der Waals surface area contributed by atoms with Gasteiger partial charge in [-0.2, -0.15) is 4.98 Å². The highest BCUT2D eigenvalue weighted by molar-refractivity contribution is 5.54. The van der Waals surface area contributed by atoms with E-state index in [-0.39, 0.29) is 0 Å². The molecule has 0 radical (unpaired) electrons. The van der Waals surface area contributed by atoms with E-state index in [0.717, 1.165) is 83.3 Å². The molecule has 1 aromatic rings. The van der Waals surface area contributed by atoms with Crippen molar-refractivity contribution in [2.24, 2.45) is 0 Å². The Labute approximate surface area is 156 Å². The third kappa shape index (κ3) is 3.71. The van der Waals surface area contributed by atoms with E-state index < -0.39 is 0 Å². The van der Waals surface area contributed by atoms with E-state index in [1.54, 1.807) is 0 Å². The van der Waals surface area contributed by atoms with Crippen LogP contribution in [0.4, 0.5) is 11.8 Å². The van der Waals surface area contributed by atoms with Gasteiger partial charge in [0, 0.05) is 71.5 Å². The summed E-state index contributed by atoms with van der Waals surface area (Å²) >= 11 is 0. The molecule has 0 bridgehead atoms. The van der Waals surface area contributed by atoms with Gasteiger partial charge in [-0.1, -0.05) is 12.2 Å². The van der Waals surface area contributed by atoms with E-state index in [1.807, 2.05) is 19.0 Å². The lowest BCUT2D eigenvalue weighted by Gasteiger charge is -2.33. The largest absolute Gasteiger partial charge is 0.381 e. The Morgan fingerprint density at radius 2 is 1.85 bits per heavy atom. The number of hydrogen-bond donors (Lipinski definition) is 0. The van der Waals surface area contributed by atoms with Gasteiger partial charge in [0.25, 0.3) is 0 Å². The van der Waals surface area contributed by atoms with Crippen LogP contribution in [0.5, 0.6) is 0 Å². The molecule has 26 heavy (non-hydrogen) atoms. The zero-order chi connectivity index (χ0) is 17.9. The predicted molar refractivity (Wildman–Crippen MR) is 105 cm³/mol. The monoisotopic (exact) mass is 357 g/mol. The molecule has 1 fully saturated rings. The number of ether oxygens (including phenoxy) is 1. The van der Waals surface area contributed by atoms with E-state index in [2.05, 4.69) is 22.0 Å². The Kier molecular flexibility index (Phi) is 5.41. The maximum atomic E-state index is 5.56. The Morgan fingerprint density at radius 1 is 1.04 bits per heavy atom. The van der Waals surface area contributed by atoms with Crippen molar-refractivity contribution in [3.05, 3.63) is 23.4 Å². The van der Waals surface area contributed by atoms with Crippen LogP contribution < -0.4 is 9.80 Å². The molecule has 142 valence electrons. The summed E-state index contributed by atoms with van der Waals surface area (Å²) in [5.41, 5.74) is 2.63. The lowest BCUT2D eigenvalue weighted by Crippen LogP contribution is -2.40. The van der Waals surface area contributed by atoms with Crippen molar-refractivity contribution >= 4 is 11.8 Å². The summed E-state index contributed by atoms with van der Waals surface area (Å²) in [5, 5.41) is 0. The first kappa shape index (κ1) is 17.7. The predicted octanol–water partition coefficient (Wildman–Crippen LogP) is 1.89. The standard InChI is InChI=1S/C20H31N5O/c1-23(2)20-21-18-7-13-24(16-8-14-26-15-9-16)12-6-17(18)19(22-20)25-10-4-3-5-11-25/h3-4,16H,5-15H2,1-2H3. The van der Waals surface area contributed by atoms with Gasteiger partial charge in [0.1, 0.15) is 5.82 Å². The maximum absolute atomic E-state index is 5.56. The molecule has 0 aliphatic carbocycles. The van der Waals surface area contributed by atoms with Gasteiger partial charge in [-0.05, 0) is 25.7 Å². The molecular formula is C20H31N5O. The summed E-state index contributed by atoms with van der Waals surface area (Å²) < 4.78 is 5.56. The fourth-order valence-corrected chi connectivity index (χ4v) is 4.29.